The Hall–Kier alpha value is -3.38. The normalized spacial score (nSPS) is 15.9. The van der Waals surface area contributed by atoms with Crippen molar-refractivity contribution < 1.29 is 14.6 Å². The van der Waals surface area contributed by atoms with E-state index in [1.54, 1.807) is 22.8 Å². The Labute approximate surface area is 181 Å². The van der Waals surface area contributed by atoms with Crippen molar-refractivity contribution in [2.75, 3.05) is 26.8 Å². The molecular weight excluding hydrogens is 392 g/mol. The number of nitrogens with zero attached hydrogens (tertiary/aromatic N) is 2. The Morgan fingerprint density at radius 3 is 2.19 bits per heavy atom. The van der Waals surface area contributed by atoms with Crippen molar-refractivity contribution in [3.05, 3.63) is 100.0 Å². The van der Waals surface area contributed by atoms with E-state index in [-0.39, 0.29) is 23.6 Å². The van der Waals surface area contributed by atoms with Crippen LogP contribution in [0, 0.1) is 0 Å². The van der Waals surface area contributed by atoms with Crippen molar-refractivity contribution in [2.45, 2.75) is 18.4 Å². The molecule has 31 heavy (non-hydrogen) atoms. The summed E-state index contributed by atoms with van der Waals surface area (Å²) in [7, 11) is 1.63. The van der Waals surface area contributed by atoms with Gasteiger partial charge in [0.25, 0.3) is 5.91 Å². The average Bonchev–Trinajstić information content (AvgIpc) is 2.80. The van der Waals surface area contributed by atoms with E-state index in [1.165, 1.54) is 6.07 Å². The number of rotatable bonds is 7. The number of pyridine rings is 1. The molecule has 4 rings (SSSR count). The highest BCUT2D eigenvalue weighted by Gasteiger charge is 2.38. The van der Waals surface area contributed by atoms with Gasteiger partial charge in [-0.05, 0) is 17.5 Å². The molecule has 1 aliphatic rings. The molecule has 0 radical (unpaired) electrons. The first-order valence-electron chi connectivity index (χ1n) is 10.4. The SMILES string of the molecule is COCCCN1C[C@H](C(c2ccccc2)c2ccccc2)n2ccc(=O)c(O)c2C1=O. The summed E-state index contributed by atoms with van der Waals surface area (Å²) in [6, 6.07) is 21.4. The number of hydrogen-bond donors (Lipinski definition) is 1. The number of carbonyl (C=O) groups excluding carboxylic acids is 1. The zero-order chi connectivity index (χ0) is 21.8. The molecule has 160 valence electrons. The Balaban J connectivity index is 1.86. The highest BCUT2D eigenvalue weighted by atomic mass is 16.5. The van der Waals surface area contributed by atoms with Crippen molar-refractivity contribution in [1.82, 2.24) is 9.47 Å². The molecule has 1 atom stereocenters. The van der Waals surface area contributed by atoms with Crippen LogP contribution in [0.5, 0.6) is 5.75 Å². The fourth-order valence-corrected chi connectivity index (χ4v) is 4.39. The molecular formula is C25H26N2O4. The molecule has 0 spiro atoms. The number of hydrogen-bond acceptors (Lipinski definition) is 4. The van der Waals surface area contributed by atoms with Crippen LogP contribution in [0.25, 0.3) is 0 Å². The summed E-state index contributed by atoms with van der Waals surface area (Å²) in [5, 5.41) is 10.5. The second-order valence-electron chi connectivity index (χ2n) is 7.75. The number of benzene rings is 2. The van der Waals surface area contributed by atoms with Crippen molar-refractivity contribution in [3.8, 4) is 5.75 Å². The second kappa shape index (κ2) is 9.18. The number of aromatic nitrogens is 1. The molecule has 6 nitrogen and oxygen atoms in total. The zero-order valence-corrected chi connectivity index (χ0v) is 17.5. The van der Waals surface area contributed by atoms with Crippen LogP contribution in [0.1, 0.15) is 40.0 Å². The van der Waals surface area contributed by atoms with Crippen LogP contribution in [0.4, 0.5) is 0 Å². The predicted octanol–water partition coefficient (Wildman–Crippen LogP) is 3.42. The minimum Gasteiger partial charge on any atom is -0.503 e. The maximum absolute atomic E-state index is 13.2. The van der Waals surface area contributed by atoms with Gasteiger partial charge in [0.2, 0.25) is 5.43 Å². The second-order valence-corrected chi connectivity index (χ2v) is 7.75. The predicted molar refractivity (Wildman–Crippen MR) is 119 cm³/mol. The highest BCUT2D eigenvalue weighted by molar-refractivity contribution is 5.96. The third kappa shape index (κ3) is 4.11. The fraction of sp³-hybridized carbons (Fsp3) is 0.280. The third-order valence-corrected chi connectivity index (χ3v) is 5.84. The minimum absolute atomic E-state index is 0.0537. The summed E-state index contributed by atoms with van der Waals surface area (Å²) in [4.78, 5) is 27.1. The lowest BCUT2D eigenvalue weighted by molar-refractivity contribution is 0.0629. The van der Waals surface area contributed by atoms with Crippen molar-refractivity contribution >= 4 is 5.91 Å². The minimum atomic E-state index is -0.548. The Morgan fingerprint density at radius 2 is 1.61 bits per heavy atom. The van der Waals surface area contributed by atoms with Crippen LogP contribution in [-0.4, -0.2) is 47.3 Å². The van der Waals surface area contributed by atoms with Crippen molar-refractivity contribution in [1.29, 1.82) is 0 Å². The maximum Gasteiger partial charge on any atom is 0.274 e. The van der Waals surface area contributed by atoms with Crippen LogP contribution in [0.2, 0.25) is 0 Å². The Morgan fingerprint density at radius 1 is 1.00 bits per heavy atom. The van der Waals surface area contributed by atoms with Gasteiger partial charge in [0.1, 0.15) is 0 Å². The molecule has 1 aromatic heterocycles. The molecule has 0 saturated carbocycles. The zero-order valence-electron chi connectivity index (χ0n) is 17.5. The molecule has 1 amide bonds. The summed E-state index contributed by atoms with van der Waals surface area (Å²) in [5.41, 5.74) is 1.72. The van der Waals surface area contributed by atoms with Crippen molar-refractivity contribution in [3.63, 3.8) is 0 Å². The first kappa shape index (κ1) is 20.9. The summed E-state index contributed by atoms with van der Waals surface area (Å²) in [5.74, 6) is -0.891. The van der Waals surface area contributed by atoms with Crippen LogP contribution in [0.3, 0.4) is 0 Å². The number of aromatic hydroxyl groups is 1. The molecule has 1 aliphatic heterocycles. The molecule has 3 aromatic rings. The number of ether oxygens (including phenoxy) is 1. The molecule has 6 heteroatoms. The number of amides is 1. The van der Waals surface area contributed by atoms with E-state index < -0.39 is 11.2 Å². The van der Waals surface area contributed by atoms with E-state index in [1.807, 2.05) is 36.4 Å². The molecule has 0 bridgehead atoms. The smallest absolute Gasteiger partial charge is 0.274 e. The van der Waals surface area contributed by atoms with E-state index in [9.17, 15) is 14.7 Å². The Bertz CT molecular complexity index is 1060. The van der Waals surface area contributed by atoms with Gasteiger partial charge in [0.05, 0.1) is 6.04 Å². The standard InChI is InChI=1S/C25H26N2O4/c1-31-16-8-14-26-17-20(27-15-13-21(28)24(29)23(27)25(26)30)22(18-9-4-2-5-10-18)19-11-6-3-7-12-19/h2-7,9-13,15,20,22,29H,8,14,16-17H2,1H3/t20-/m1/s1. The van der Waals surface area contributed by atoms with Crippen LogP contribution in [0.15, 0.2) is 77.7 Å². The lowest BCUT2D eigenvalue weighted by atomic mass is 9.83. The van der Waals surface area contributed by atoms with Gasteiger partial charge in [-0.25, -0.2) is 0 Å². The number of carbonyl (C=O) groups is 1. The summed E-state index contributed by atoms with van der Waals surface area (Å²) in [6.45, 7) is 1.48. The molecule has 1 N–H and O–H groups in total. The Kier molecular flexibility index (Phi) is 6.18. The van der Waals surface area contributed by atoms with Gasteiger partial charge in [-0.3, -0.25) is 9.59 Å². The summed E-state index contributed by atoms with van der Waals surface area (Å²) >= 11 is 0. The van der Waals surface area contributed by atoms with E-state index >= 15 is 0 Å². The lowest BCUT2D eigenvalue weighted by Crippen LogP contribution is -2.46. The van der Waals surface area contributed by atoms with Crippen LogP contribution in [-0.2, 0) is 4.74 Å². The first-order valence-corrected chi connectivity index (χ1v) is 10.4. The number of fused-ring (bicyclic) bond motifs is 1. The van der Waals surface area contributed by atoms with Gasteiger partial charge in [-0.2, -0.15) is 0 Å². The highest BCUT2D eigenvalue weighted by Crippen LogP contribution is 2.39. The number of methoxy groups -OCH3 is 1. The molecule has 0 unspecified atom stereocenters. The fourth-order valence-electron chi connectivity index (χ4n) is 4.39. The monoisotopic (exact) mass is 418 g/mol. The summed E-state index contributed by atoms with van der Waals surface area (Å²) in [6.07, 6.45) is 2.31. The molecule has 2 aromatic carbocycles. The molecule has 0 saturated heterocycles. The maximum atomic E-state index is 13.2. The van der Waals surface area contributed by atoms with E-state index in [0.717, 1.165) is 11.1 Å². The van der Waals surface area contributed by atoms with Gasteiger partial charge in [0.15, 0.2) is 11.4 Å². The largest absolute Gasteiger partial charge is 0.503 e. The topological polar surface area (TPSA) is 71.8 Å². The first-order chi connectivity index (χ1) is 15.1. The van der Waals surface area contributed by atoms with Gasteiger partial charge < -0.3 is 19.3 Å². The lowest BCUT2D eigenvalue weighted by Gasteiger charge is -2.40. The van der Waals surface area contributed by atoms with Gasteiger partial charge in [0, 0.05) is 45.0 Å². The van der Waals surface area contributed by atoms with E-state index in [0.29, 0.717) is 26.1 Å². The van der Waals surface area contributed by atoms with Crippen LogP contribution >= 0.6 is 0 Å². The molecule has 0 fully saturated rings. The van der Waals surface area contributed by atoms with Crippen molar-refractivity contribution in [2.24, 2.45) is 0 Å². The van der Waals surface area contributed by atoms with Crippen LogP contribution < -0.4 is 5.43 Å². The third-order valence-electron chi connectivity index (χ3n) is 5.84. The van der Waals surface area contributed by atoms with Gasteiger partial charge >= 0.3 is 0 Å². The van der Waals surface area contributed by atoms with Gasteiger partial charge in [-0.1, -0.05) is 60.7 Å². The average molecular weight is 418 g/mol. The summed E-state index contributed by atoms with van der Waals surface area (Å²) < 4.78 is 6.93. The quantitative estimate of drug-likeness (QED) is 0.597. The van der Waals surface area contributed by atoms with Gasteiger partial charge in [-0.15, -0.1) is 0 Å². The van der Waals surface area contributed by atoms with E-state index in [2.05, 4.69) is 24.3 Å². The molecule has 0 aliphatic carbocycles. The van der Waals surface area contributed by atoms with E-state index in [4.69, 9.17) is 4.74 Å². The molecule has 2 heterocycles.